The number of carbonyl (C=O) groups excluding carboxylic acids is 2. The van der Waals surface area contributed by atoms with Crippen LogP contribution in [0.5, 0.6) is 0 Å². The van der Waals surface area contributed by atoms with E-state index in [0.717, 1.165) is 5.56 Å². The number of benzene rings is 1. The molecule has 134 valence electrons. The van der Waals surface area contributed by atoms with E-state index in [2.05, 4.69) is 10.5 Å². The van der Waals surface area contributed by atoms with Gasteiger partial charge in [0.05, 0.1) is 0 Å². The molecule has 0 aliphatic heterocycles. The van der Waals surface area contributed by atoms with Crippen LogP contribution in [0.2, 0.25) is 0 Å². The van der Waals surface area contributed by atoms with Crippen LogP contribution >= 0.6 is 0 Å². The molecule has 0 saturated carbocycles. The third-order valence-corrected chi connectivity index (χ3v) is 3.22. The molecule has 0 aliphatic carbocycles. The molecular weight excluding hydrogens is 322 g/mol. The van der Waals surface area contributed by atoms with Crippen LogP contribution in [0.25, 0.3) is 11.3 Å². The smallest absolute Gasteiger partial charge is 0.407 e. The van der Waals surface area contributed by atoms with E-state index >= 15 is 0 Å². The van der Waals surface area contributed by atoms with Gasteiger partial charge in [0.2, 0.25) is 6.41 Å². The lowest BCUT2D eigenvalue weighted by atomic mass is 10.2. The topological polar surface area (TPSA) is 84.7 Å². The molecule has 0 aliphatic rings. The van der Waals surface area contributed by atoms with E-state index in [9.17, 15) is 9.59 Å². The lowest BCUT2D eigenvalue weighted by molar-refractivity contribution is -0.107. The zero-order chi connectivity index (χ0) is 18.3. The Hall–Kier alpha value is -2.83. The van der Waals surface area contributed by atoms with Crippen LogP contribution in [0.3, 0.4) is 0 Å². The standard InChI is InChI=1S/C18H23N3O4/c1-18(2,3)24-17(23)19-10-7-11-21(13-22)16-12-15(25-20-16)14-8-5-4-6-9-14/h4-6,8-9,12-13H,7,10-11H2,1-3H3,(H,19,23). The molecule has 1 N–H and O–H groups in total. The highest BCUT2D eigenvalue weighted by Crippen LogP contribution is 2.23. The highest BCUT2D eigenvalue weighted by Gasteiger charge is 2.16. The fourth-order valence-corrected chi connectivity index (χ4v) is 2.11. The van der Waals surface area contributed by atoms with Gasteiger partial charge >= 0.3 is 6.09 Å². The summed E-state index contributed by atoms with van der Waals surface area (Å²) in [6, 6.07) is 11.2. The van der Waals surface area contributed by atoms with Crippen molar-refractivity contribution in [2.24, 2.45) is 0 Å². The van der Waals surface area contributed by atoms with Gasteiger partial charge in [-0.15, -0.1) is 0 Å². The van der Waals surface area contributed by atoms with E-state index in [1.807, 2.05) is 30.3 Å². The fraction of sp³-hybridized carbons (Fsp3) is 0.389. The average molecular weight is 345 g/mol. The summed E-state index contributed by atoms with van der Waals surface area (Å²) < 4.78 is 10.4. The van der Waals surface area contributed by atoms with Gasteiger partial charge in [-0.25, -0.2) is 4.79 Å². The van der Waals surface area contributed by atoms with E-state index in [1.54, 1.807) is 26.8 Å². The number of alkyl carbamates (subject to hydrolysis) is 1. The van der Waals surface area contributed by atoms with Crippen LogP contribution < -0.4 is 10.2 Å². The molecule has 0 fully saturated rings. The summed E-state index contributed by atoms with van der Waals surface area (Å²) in [5, 5.41) is 6.59. The quantitative estimate of drug-likeness (QED) is 0.615. The monoisotopic (exact) mass is 345 g/mol. The Kier molecular flexibility index (Phi) is 6.16. The molecule has 25 heavy (non-hydrogen) atoms. The normalized spacial score (nSPS) is 11.0. The number of nitrogens with zero attached hydrogens (tertiary/aromatic N) is 2. The number of hydrogen-bond acceptors (Lipinski definition) is 5. The number of nitrogens with one attached hydrogen (secondary N) is 1. The van der Waals surface area contributed by atoms with Crippen molar-refractivity contribution in [2.75, 3.05) is 18.0 Å². The number of amides is 2. The summed E-state index contributed by atoms with van der Waals surface area (Å²) in [6.07, 6.45) is 0.781. The van der Waals surface area contributed by atoms with Gasteiger partial charge in [-0.1, -0.05) is 35.5 Å². The van der Waals surface area contributed by atoms with E-state index in [1.165, 1.54) is 4.90 Å². The maximum atomic E-state index is 11.6. The summed E-state index contributed by atoms with van der Waals surface area (Å²) >= 11 is 0. The first-order valence-electron chi connectivity index (χ1n) is 8.10. The van der Waals surface area contributed by atoms with Crippen molar-refractivity contribution in [3.05, 3.63) is 36.4 Å². The number of aromatic nitrogens is 1. The van der Waals surface area contributed by atoms with Gasteiger partial charge < -0.3 is 14.6 Å². The van der Waals surface area contributed by atoms with Crippen LogP contribution in [-0.2, 0) is 9.53 Å². The summed E-state index contributed by atoms with van der Waals surface area (Å²) in [6.45, 7) is 6.20. The second-order valence-corrected chi connectivity index (χ2v) is 6.50. The Morgan fingerprint density at radius 3 is 2.68 bits per heavy atom. The summed E-state index contributed by atoms with van der Waals surface area (Å²) in [7, 11) is 0. The molecule has 2 amide bonds. The first kappa shape index (κ1) is 18.5. The zero-order valence-corrected chi connectivity index (χ0v) is 14.7. The van der Waals surface area contributed by atoms with Gasteiger partial charge in [0.25, 0.3) is 0 Å². The first-order chi connectivity index (χ1) is 11.9. The molecule has 2 aromatic rings. The lowest BCUT2D eigenvalue weighted by Gasteiger charge is -2.20. The van der Waals surface area contributed by atoms with Crippen molar-refractivity contribution >= 4 is 18.3 Å². The number of anilines is 1. The Bertz CT molecular complexity index is 692. The Labute approximate surface area is 146 Å². The molecule has 2 rings (SSSR count). The van der Waals surface area contributed by atoms with Crippen molar-refractivity contribution in [1.29, 1.82) is 0 Å². The van der Waals surface area contributed by atoms with E-state index < -0.39 is 11.7 Å². The Morgan fingerprint density at radius 2 is 2.04 bits per heavy atom. The van der Waals surface area contributed by atoms with Crippen LogP contribution in [0.1, 0.15) is 27.2 Å². The number of ether oxygens (including phenoxy) is 1. The SMILES string of the molecule is CC(C)(C)OC(=O)NCCCN(C=O)c1cc(-c2ccccc2)on1. The molecule has 0 radical (unpaired) electrons. The van der Waals surface area contributed by atoms with Crippen LogP contribution in [0, 0.1) is 0 Å². The average Bonchev–Trinajstić information content (AvgIpc) is 3.04. The highest BCUT2D eigenvalue weighted by atomic mass is 16.6. The van der Waals surface area contributed by atoms with Crippen molar-refractivity contribution in [3.63, 3.8) is 0 Å². The maximum Gasteiger partial charge on any atom is 0.407 e. The first-order valence-corrected chi connectivity index (χ1v) is 8.10. The summed E-state index contributed by atoms with van der Waals surface area (Å²) in [5.41, 5.74) is 0.353. The second kappa shape index (κ2) is 8.32. The molecule has 7 nitrogen and oxygen atoms in total. The molecule has 0 unspecified atom stereocenters. The van der Waals surface area contributed by atoms with Gasteiger partial charge in [-0.05, 0) is 27.2 Å². The number of hydrogen-bond donors (Lipinski definition) is 1. The van der Waals surface area contributed by atoms with Crippen molar-refractivity contribution in [2.45, 2.75) is 32.8 Å². The predicted octanol–water partition coefficient (Wildman–Crippen LogP) is 3.22. The maximum absolute atomic E-state index is 11.6. The van der Waals surface area contributed by atoms with Crippen molar-refractivity contribution in [1.82, 2.24) is 10.5 Å². The number of carbonyl (C=O) groups is 2. The van der Waals surface area contributed by atoms with Gasteiger partial charge in [-0.2, -0.15) is 0 Å². The van der Waals surface area contributed by atoms with Crippen LogP contribution in [0.4, 0.5) is 10.6 Å². The van der Waals surface area contributed by atoms with Gasteiger partial charge in [-0.3, -0.25) is 9.69 Å². The molecule has 1 aromatic carbocycles. The minimum Gasteiger partial charge on any atom is -0.444 e. The largest absolute Gasteiger partial charge is 0.444 e. The molecule has 0 atom stereocenters. The molecule has 1 heterocycles. The summed E-state index contributed by atoms with van der Waals surface area (Å²) in [5.74, 6) is 1.03. The minimum atomic E-state index is -0.534. The molecule has 7 heteroatoms. The van der Waals surface area contributed by atoms with Crippen molar-refractivity contribution < 1.29 is 18.8 Å². The van der Waals surface area contributed by atoms with Crippen LogP contribution in [-0.4, -0.2) is 36.4 Å². The second-order valence-electron chi connectivity index (χ2n) is 6.50. The van der Waals surface area contributed by atoms with Crippen LogP contribution in [0.15, 0.2) is 40.9 Å². The molecule has 0 saturated heterocycles. The lowest BCUT2D eigenvalue weighted by Crippen LogP contribution is -2.34. The predicted molar refractivity (Wildman–Crippen MR) is 94.2 cm³/mol. The Morgan fingerprint density at radius 1 is 1.32 bits per heavy atom. The Balaban J connectivity index is 1.84. The fourth-order valence-electron chi connectivity index (χ4n) is 2.11. The molecule has 1 aromatic heterocycles. The van der Waals surface area contributed by atoms with E-state index in [4.69, 9.17) is 9.26 Å². The summed E-state index contributed by atoms with van der Waals surface area (Å²) in [4.78, 5) is 24.3. The zero-order valence-electron chi connectivity index (χ0n) is 14.7. The molecule has 0 bridgehead atoms. The van der Waals surface area contributed by atoms with Crippen molar-refractivity contribution in [3.8, 4) is 11.3 Å². The van der Waals surface area contributed by atoms with Gasteiger partial charge in [0.15, 0.2) is 11.6 Å². The van der Waals surface area contributed by atoms with Gasteiger partial charge in [0.1, 0.15) is 5.60 Å². The number of rotatable bonds is 7. The molecule has 0 spiro atoms. The van der Waals surface area contributed by atoms with E-state index in [-0.39, 0.29) is 0 Å². The van der Waals surface area contributed by atoms with E-state index in [0.29, 0.717) is 37.5 Å². The third kappa shape index (κ3) is 5.95. The third-order valence-electron chi connectivity index (χ3n) is 3.22. The minimum absolute atomic E-state index is 0.392. The molecular formula is C18H23N3O4. The highest BCUT2D eigenvalue weighted by molar-refractivity contribution is 5.74. The van der Waals surface area contributed by atoms with Gasteiger partial charge in [0, 0.05) is 24.7 Å².